The van der Waals surface area contributed by atoms with Crippen molar-refractivity contribution in [2.75, 3.05) is 13.7 Å². The second-order valence-corrected chi connectivity index (χ2v) is 4.72. The largest absolute Gasteiger partial charge is 0.493 e. The first-order chi connectivity index (χ1) is 9.63. The number of hydrogen-bond acceptors (Lipinski definition) is 6. The van der Waals surface area contributed by atoms with E-state index in [1.165, 1.54) is 7.11 Å². The van der Waals surface area contributed by atoms with Crippen LogP contribution in [-0.2, 0) is 4.79 Å². The van der Waals surface area contributed by atoms with Gasteiger partial charge in [-0.15, -0.1) is 0 Å². The van der Waals surface area contributed by atoms with Crippen LogP contribution in [0.25, 0.3) is 6.08 Å². The highest BCUT2D eigenvalue weighted by molar-refractivity contribution is 8.18. The number of nitrogens with zero attached hydrogens (tertiary/aromatic N) is 1. The molecule has 0 radical (unpaired) electrons. The van der Waals surface area contributed by atoms with Gasteiger partial charge < -0.3 is 9.47 Å². The van der Waals surface area contributed by atoms with Crippen molar-refractivity contribution in [1.29, 1.82) is 5.26 Å². The number of methoxy groups -OCH3 is 1. The molecule has 1 fully saturated rings. The molecule has 2 rings (SSSR count). The van der Waals surface area contributed by atoms with E-state index < -0.39 is 5.91 Å². The number of benzene rings is 1. The van der Waals surface area contributed by atoms with Crippen molar-refractivity contribution in [1.82, 2.24) is 5.32 Å². The quantitative estimate of drug-likeness (QED) is 0.852. The molecule has 1 N–H and O–H groups in total. The van der Waals surface area contributed by atoms with Gasteiger partial charge in [0, 0.05) is 0 Å². The number of hydrogen-bond donors (Lipinski definition) is 1. The van der Waals surface area contributed by atoms with Crippen LogP contribution in [0.5, 0.6) is 11.5 Å². The van der Waals surface area contributed by atoms with Gasteiger partial charge in [0.05, 0.1) is 12.0 Å². The van der Waals surface area contributed by atoms with E-state index in [1.807, 2.05) is 6.07 Å². The smallest absolute Gasteiger partial charge is 0.290 e. The van der Waals surface area contributed by atoms with Crippen molar-refractivity contribution < 1.29 is 19.1 Å². The molecule has 1 saturated heterocycles. The Labute approximate surface area is 119 Å². The van der Waals surface area contributed by atoms with Gasteiger partial charge in [-0.2, -0.15) is 5.26 Å². The molecule has 1 aliphatic heterocycles. The van der Waals surface area contributed by atoms with Crippen LogP contribution in [-0.4, -0.2) is 24.9 Å². The lowest BCUT2D eigenvalue weighted by Gasteiger charge is -2.08. The van der Waals surface area contributed by atoms with Crippen molar-refractivity contribution >= 4 is 29.0 Å². The summed E-state index contributed by atoms with van der Waals surface area (Å²) in [4.78, 5) is 22.8. The number of carbonyl (C=O) groups is 2. The van der Waals surface area contributed by atoms with Crippen LogP contribution >= 0.6 is 11.8 Å². The van der Waals surface area contributed by atoms with E-state index in [1.54, 1.807) is 24.3 Å². The number of ether oxygens (including phenoxy) is 2. The van der Waals surface area contributed by atoms with Crippen LogP contribution < -0.4 is 14.8 Å². The summed E-state index contributed by atoms with van der Waals surface area (Å²) < 4.78 is 10.4. The molecule has 0 saturated carbocycles. The third-order valence-corrected chi connectivity index (χ3v) is 3.23. The minimum absolute atomic E-state index is 0.0798. The Morgan fingerprint density at radius 3 is 2.80 bits per heavy atom. The predicted octanol–water partition coefficient (Wildman–Crippen LogP) is 1.92. The maximum atomic E-state index is 11.4. The average molecular weight is 290 g/mol. The Morgan fingerprint density at radius 2 is 2.20 bits per heavy atom. The van der Waals surface area contributed by atoms with Gasteiger partial charge in [-0.1, -0.05) is 6.07 Å². The van der Waals surface area contributed by atoms with Crippen LogP contribution in [0.4, 0.5) is 4.79 Å². The topological polar surface area (TPSA) is 88.4 Å². The molecule has 7 heteroatoms. The summed E-state index contributed by atoms with van der Waals surface area (Å²) in [5.41, 5.74) is 0.693. The van der Waals surface area contributed by atoms with E-state index in [0.29, 0.717) is 22.0 Å². The minimum Gasteiger partial charge on any atom is -0.493 e. The number of nitrogens with one attached hydrogen (secondary N) is 1. The maximum absolute atomic E-state index is 11.4. The lowest BCUT2D eigenvalue weighted by atomic mass is 10.2. The molecule has 0 aromatic heterocycles. The third-order valence-electron chi connectivity index (χ3n) is 2.42. The lowest BCUT2D eigenvalue weighted by molar-refractivity contribution is -0.115. The minimum atomic E-state index is -0.413. The van der Waals surface area contributed by atoms with Crippen LogP contribution in [0.3, 0.4) is 0 Å². The molecule has 0 spiro atoms. The normalized spacial score (nSPS) is 15.9. The summed E-state index contributed by atoms with van der Waals surface area (Å²) in [6, 6.07) is 6.88. The number of thioether (sulfide) groups is 1. The summed E-state index contributed by atoms with van der Waals surface area (Å²) in [7, 11) is 1.48. The standard InChI is InChI=1S/C13H10N2O4S/c1-18-10-6-8(2-3-9(10)19-5-4-14)7-11-12(16)15-13(17)20-11/h2-3,6-7H,5H2,1H3,(H,15,16,17)/b11-7-. The van der Waals surface area contributed by atoms with Gasteiger partial charge in [-0.3, -0.25) is 14.9 Å². The zero-order chi connectivity index (χ0) is 14.5. The fourth-order valence-corrected chi connectivity index (χ4v) is 2.26. The Balaban J connectivity index is 2.26. The number of amides is 2. The number of nitriles is 1. The molecule has 1 heterocycles. The van der Waals surface area contributed by atoms with Crippen LogP contribution in [0.15, 0.2) is 23.1 Å². The van der Waals surface area contributed by atoms with Gasteiger partial charge in [-0.05, 0) is 35.5 Å². The van der Waals surface area contributed by atoms with Crippen LogP contribution in [0.1, 0.15) is 5.56 Å². The number of rotatable bonds is 4. The molecule has 2 amide bonds. The molecule has 1 aliphatic rings. The van der Waals surface area contributed by atoms with E-state index in [9.17, 15) is 9.59 Å². The molecule has 0 aliphatic carbocycles. The van der Waals surface area contributed by atoms with E-state index in [4.69, 9.17) is 14.7 Å². The van der Waals surface area contributed by atoms with Crippen molar-refractivity contribution in [2.45, 2.75) is 0 Å². The highest BCUT2D eigenvalue weighted by Gasteiger charge is 2.25. The number of imide groups is 1. The van der Waals surface area contributed by atoms with E-state index in [0.717, 1.165) is 11.8 Å². The van der Waals surface area contributed by atoms with Gasteiger partial charge in [0.1, 0.15) is 6.07 Å². The van der Waals surface area contributed by atoms with Gasteiger partial charge in [0.25, 0.3) is 11.1 Å². The average Bonchev–Trinajstić information content (AvgIpc) is 2.75. The van der Waals surface area contributed by atoms with Gasteiger partial charge in [-0.25, -0.2) is 0 Å². The van der Waals surface area contributed by atoms with E-state index >= 15 is 0 Å². The first-order valence-electron chi connectivity index (χ1n) is 5.56. The summed E-state index contributed by atoms with van der Waals surface area (Å²) in [5.74, 6) is 0.476. The molecule has 0 atom stereocenters. The monoisotopic (exact) mass is 290 g/mol. The van der Waals surface area contributed by atoms with Gasteiger partial charge >= 0.3 is 0 Å². The van der Waals surface area contributed by atoms with E-state index in [-0.39, 0.29) is 11.8 Å². The van der Waals surface area contributed by atoms with Crippen LogP contribution in [0, 0.1) is 11.3 Å². The lowest BCUT2D eigenvalue weighted by Crippen LogP contribution is -2.17. The summed E-state index contributed by atoms with van der Waals surface area (Å²) >= 11 is 0.846. The summed E-state index contributed by atoms with van der Waals surface area (Å²) in [6.07, 6.45) is 1.58. The zero-order valence-corrected chi connectivity index (χ0v) is 11.3. The second kappa shape index (κ2) is 6.12. The molecule has 6 nitrogen and oxygen atoms in total. The second-order valence-electron chi connectivity index (χ2n) is 3.71. The Morgan fingerprint density at radius 1 is 1.40 bits per heavy atom. The summed E-state index contributed by atoms with van der Waals surface area (Å²) in [6.45, 7) is -0.0798. The summed E-state index contributed by atoms with van der Waals surface area (Å²) in [5, 5.41) is 10.3. The SMILES string of the molecule is COc1cc(/C=C2\SC(=O)NC2=O)ccc1OCC#N. The van der Waals surface area contributed by atoms with E-state index in [2.05, 4.69) is 5.32 Å². The third kappa shape index (κ3) is 3.10. The first kappa shape index (κ1) is 14.0. The molecule has 1 aromatic rings. The van der Waals surface area contributed by atoms with Crippen molar-refractivity contribution in [3.63, 3.8) is 0 Å². The molecule has 1 aromatic carbocycles. The van der Waals surface area contributed by atoms with Gasteiger partial charge in [0.15, 0.2) is 18.1 Å². The Hall–Kier alpha value is -2.46. The highest BCUT2D eigenvalue weighted by atomic mass is 32.2. The maximum Gasteiger partial charge on any atom is 0.290 e. The highest BCUT2D eigenvalue weighted by Crippen LogP contribution is 2.31. The number of carbonyl (C=O) groups excluding carboxylic acids is 2. The molecule has 20 heavy (non-hydrogen) atoms. The molecule has 102 valence electrons. The molecule has 0 unspecified atom stereocenters. The van der Waals surface area contributed by atoms with Crippen molar-refractivity contribution in [3.8, 4) is 17.6 Å². The Bertz CT molecular complexity index is 634. The molecule has 0 bridgehead atoms. The van der Waals surface area contributed by atoms with Crippen molar-refractivity contribution in [3.05, 3.63) is 28.7 Å². The zero-order valence-electron chi connectivity index (χ0n) is 10.5. The van der Waals surface area contributed by atoms with Crippen LogP contribution in [0.2, 0.25) is 0 Å². The molecular weight excluding hydrogens is 280 g/mol. The predicted molar refractivity (Wildman–Crippen MR) is 73.2 cm³/mol. The Kier molecular flexibility index (Phi) is 4.27. The van der Waals surface area contributed by atoms with Gasteiger partial charge in [0.2, 0.25) is 0 Å². The molecular formula is C13H10N2O4S. The first-order valence-corrected chi connectivity index (χ1v) is 6.38. The fraction of sp³-hybridized carbons (Fsp3) is 0.154. The van der Waals surface area contributed by atoms with Crippen molar-refractivity contribution in [2.24, 2.45) is 0 Å². The fourth-order valence-electron chi connectivity index (χ4n) is 1.58.